The highest BCUT2D eigenvalue weighted by Crippen LogP contribution is 2.27. The number of aliphatic hydroxyl groups is 1. The van der Waals surface area contributed by atoms with E-state index in [1.165, 1.54) is 18.4 Å². The van der Waals surface area contributed by atoms with Gasteiger partial charge in [0.15, 0.2) is 0 Å². The molecule has 1 aromatic rings. The van der Waals surface area contributed by atoms with Crippen LogP contribution in [0.2, 0.25) is 0 Å². The monoisotopic (exact) mass is 287 g/mol. The van der Waals surface area contributed by atoms with E-state index in [1.807, 2.05) is 24.3 Å². The molecule has 0 aromatic heterocycles. The first kappa shape index (κ1) is 15.8. The first-order valence-electron chi connectivity index (χ1n) is 7.83. The summed E-state index contributed by atoms with van der Waals surface area (Å²) in [6, 6.07) is 8.18. The molecule has 1 atom stereocenters. The van der Waals surface area contributed by atoms with Crippen LogP contribution in [0.4, 0.5) is 0 Å². The van der Waals surface area contributed by atoms with Crippen molar-refractivity contribution < 1.29 is 9.90 Å². The highest BCUT2D eigenvalue weighted by atomic mass is 16.3. The van der Waals surface area contributed by atoms with Gasteiger partial charge in [0.2, 0.25) is 5.91 Å². The van der Waals surface area contributed by atoms with Gasteiger partial charge in [-0.05, 0) is 31.2 Å². The SMILES string of the molecule is Cc1ccc(/C=C/CC(=O)NCC(O)C2CCCC2)cc1. The van der Waals surface area contributed by atoms with Crippen molar-refractivity contribution >= 4 is 12.0 Å². The maximum Gasteiger partial charge on any atom is 0.223 e. The number of rotatable bonds is 6. The van der Waals surface area contributed by atoms with Gasteiger partial charge in [-0.1, -0.05) is 54.8 Å². The molecule has 0 bridgehead atoms. The zero-order valence-corrected chi connectivity index (χ0v) is 12.7. The van der Waals surface area contributed by atoms with Gasteiger partial charge < -0.3 is 10.4 Å². The summed E-state index contributed by atoms with van der Waals surface area (Å²) in [5.74, 6) is 0.337. The van der Waals surface area contributed by atoms with Crippen molar-refractivity contribution in [3.8, 4) is 0 Å². The highest BCUT2D eigenvalue weighted by Gasteiger charge is 2.23. The topological polar surface area (TPSA) is 49.3 Å². The Bertz CT molecular complexity index is 472. The molecule has 3 nitrogen and oxygen atoms in total. The smallest absolute Gasteiger partial charge is 0.223 e. The van der Waals surface area contributed by atoms with Crippen molar-refractivity contribution in [1.29, 1.82) is 0 Å². The minimum absolute atomic E-state index is 0.0320. The normalized spacial score (nSPS) is 17.2. The zero-order chi connectivity index (χ0) is 15.1. The summed E-state index contributed by atoms with van der Waals surface area (Å²) < 4.78 is 0. The molecule has 3 heteroatoms. The second kappa shape index (κ2) is 7.99. The second-order valence-electron chi connectivity index (χ2n) is 5.93. The molecule has 21 heavy (non-hydrogen) atoms. The van der Waals surface area contributed by atoms with E-state index in [9.17, 15) is 9.90 Å². The Morgan fingerprint density at radius 1 is 1.33 bits per heavy atom. The highest BCUT2D eigenvalue weighted by molar-refractivity contribution is 5.78. The van der Waals surface area contributed by atoms with Crippen LogP contribution in [-0.2, 0) is 4.79 Å². The van der Waals surface area contributed by atoms with Crippen LogP contribution in [0.25, 0.3) is 6.08 Å². The predicted molar refractivity (Wildman–Crippen MR) is 85.8 cm³/mol. The fourth-order valence-corrected chi connectivity index (χ4v) is 2.78. The van der Waals surface area contributed by atoms with Crippen LogP contribution in [0, 0.1) is 12.8 Å². The number of aryl methyl sites for hydroxylation is 1. The largest absolute Gasteiger partial charge is 0.391 e. The Labute approximate surface area is 127 Å². The Hall–Kier alpha value is -1.61. The van der Waals surface area contributed by atoms with Gasteiger partial charge in [-0.3, -0.25) is 4.79 Å². The van der Waals surface area contributed by atoms with Gasteiger partial charge in [-0.2, -0.15) is 0 Å². The quantitative estimate of drug-likeness (QED) is 0.845. The van der Waals surface area contributed by atoms with Gasteiger partial charge in [-0.15, -0.1) is 0 Å². The van der Waals surface area contributed by atoms with E-state index in [-0.39, 0.29) is 5.91 Å². The molecule has 0 spiro atoms. The van der Waals surface area contributed by atoms with E-state index in [0.29, 0.717) is 18.9 Å². The second-order valence-corrected chi connectivity index (χ2v) is 5.93. The molecule has 1 aliphatic rings. The summed E-state index contributed by atoms with van der Waals surface area (Å²) in [7, 11) is 0. The third-order valence-corrected chi connectivity index (χ3v) is 4.14. The van der Waals surface area contributed by atoms with E-state index in [1.54, 1.807) is 0 Å². The molecule has 0 saturated heterocycles. The van der Waals surface area contributed by atoms with Crippen molar-refractivity contribution in [3.63, 3.8) is 0 Å². The van der Waals surface area contributed by atoms with E-state index in [4.69, 9.17) is 0 Å². The third kappa shape index (κ3) is 5.35. The molecular weight excluding hydrogens is 262 g/mol. The average Bonchev–Trinajstić information content (AvgIpc) is 3.01. The third-order valence-electron chi connectivity index (χ3n) is 4.14. The molecule has 114 valence electrons. The van der Waals surface area contributed by atoms with E-state index in [2.05, 4.69) is 24.4 Å². The van der Waals surface area contributed by atoms with Gasteiger partial charge >= 0.3 is 0 Å². The molecule has 0 aliphatic heterocycles. The molecule has 1 amide bonds. The van der Waals surface area contributed by atoms with E-state index < -0.39 is 6.10 Å². The molecule has 1 aliphatic carbocycles. The predicted octanol–water partition coefficient (Wildman–Crippen LogP) is 3.07. The number of nitrogens with one attached hydrogen (secondary N) is 1. The van der Waals surface area contributed by atoms with Crippen molar-refractivity contribution in [1.82, 2.24) is 5.32 Å². The number of benzene rings is 1. The maximum atomic E-state index is 11.7. The van der Waals surface area contributed by atoms with Gasteiger partial charge in [-0.25, -0.2) is 0 Å². The van der Waals surface area contributed by atoms with Crippen LogP contribution in [-0.4, -0.2) is 23.7 Å². The molecule has 1 fully saturated rings. The lowest BCUT2D eigenvalue weighted by Crippen LogP contribution is -2.35. The molecule has 0 heterocycles. The fourth-order valence-electron chi connectivity index (χ4n) is 2.78. The van der Waals surface area contributed by atoms with Crippen LogP contribution in [0.3, 0.4) is 0 Å². The first-order valence-corrected chi connectivity index (χ1v) is 7.83. The summed E-state index contributed by atoms with van der Waals surface area (Å²) in [6.45, 7) is 2.43. The molecule has 1 aromatic carbocycles. The maximum absolute atomic E-state index is 11.7. The average molecular weight is 287 g/mol. The number of carbonyl (C=O) groups is 1. The van der Waals surface area contributed by atoms with Crippen molar-refractivity contribution in [2.45, 2.75) is 45.1 Å². The Kier molecular flexibility index (Phi) is 6.00. The minimum Gasteiger partial charge on any atom is -0.391 e. The molecular formula is C18H25NO2. The number of carbonyl (C=O) groups excluding carboxylic acids is 1. The summed E-state index contributed by atoms with van der Waals surface area (Å²) >= 11 is 0. The van der Waals surface area contributed by atoms with Gasteiger partial charge in [0.25, 0.3) is 0 Å². The number of hydrogen-bond donors (Lipinski definition) is 2. The van der Waals surface area contributed by atoms with Gasteiger partial charge in [0.05, 0.1) is 6.10 Å². The molecule has 2 rings (SSSR count). The molecule has 1 saturated carbocycles. The van der Waals surface area contributed by atoms with Crippen molar-refractivity contribution in [2.24, 2.45) is 5.92 Å². The van der Waals surface area contributed by atoms with Crippen LogP contribution in [0.5, 0.6) is 0 Å². The molecule has 1 unspecified atom stereocenters. The van der Waals surface area contributed by atoms with Crippen LogP contribution >= 0.6 is 0 Å². The summed E-state index contributed by atoms with van der Waals surface area (Å²) in [5.41, 5.74) is 2.32. The van der Waals surface area contributed by atoms with Crippen LogP contribution in [0.15, 0.2) is 30.3 Å². The molecule has 0 radical (unpaired) electrons. The van der Waals surface area contributed by atoms with Gasteiger partial charge in [0, 0.05) is 13.0 Å². The summed E-state index contributed by atoms with van der Waals surface area (Å²) in [4.78, 5) is 11.7. The summed E-state index contributed by atoms with van der Waals surface area (Å²) in [6.07, 6.45) is 8.36. The Balaban J connectivity index is 1.68. The Morgan fingerprint density at radius 3 is 2.67 bits per heavy atom. The standard InChI is InChI=1S/C18H25NO2/c1-14-9-11-15(12-10-14)5-4-8-18(21)19-13-17(20)16-6-2-3-7-16/h4-5,9-12,16-17,20H,2-3,6-8,13H2,1H3,(H,19,21)/b5-4+. The van der Waals surface area contributed by atoms with Crippen LogP contribution < -0.4 is 5.32 Å². The van der Waals surface area contributed by atoms with Crippen molar-refractivity contribution in [2.75, 3.05) is 6.54 Å². The van der Waals surface area contributed by atoms with Crippen LogP contribution in [0.1, 0.15) is 43.2 Å². The number of hydrogen-bond acceptors (Lipinski definition) is 2. The molecule has 2 N–H and O–H groups in total. The first-order chi connectivity index (χ1) is 10.1. The fraction of sp³-hybridized carbons (Fsp3) is 0.500. The van der Waals surface area contributed by atoms with E-state index >= 15 is 0 Å². The van der Waals surface area contributed by atoms with Gasteiger partial charge in [0.1, 0.15) is 0 Å². The Morgan fingerprint density at radius 2 is 2.00 bits per heavy atom. The number of aliphatic hydroxyl groups excluding tert-OH is 1. The minimum atomic E-state index is -0.391. The summed E-state index contributed by atoms with van der Waals surface area (Å²) in [5, 5.41) is 12.8. The van der Waals surface area contributed by atoms with Crippen molar-refractivity contribution in [3.05, 3.63) is 41.5 Å². The zero-order valence-electron chi connectivity index (χ0n) is 12.7. The van der Waals surface area contributed by atoms with E-state index in [0.717, 1.165) is 18.4 Å². The lowest BCUT2D eigenvalue weighted by atomic mass is 10.0. The lowest BCUT2D eigenvalue weighted by Gasteiger charge is -2.17. The lowest BCUT2D eigenvalue weighted by molar-refractivity contribution is -0.120. The number of amides is 1.